The molecule has 0 aliphatic heterocycles. The fourth-order valence-corrected chi connectivity index (χ4v) is 3.23. The lowest BCUT2D eigenvalue weighted by molar-refractivity contribution is -0.384. The number of carboxylic acids is 1. The maximum absolute atomic E-state index is 11.3. The molecule has 1 amide bonds. The van der Waals surface area contributed by atoms with Crippen LogP contribution in [0.25, 0.3) is 0 Å². The lowest BCUT2D eigenvalue weighted by Gasteiger charge is -2.09. The summed E-state index contributed by atoms with van der Waals surface area (Å²) in [4.78, 5) is 31.9. The van der Waals surface area contributed by atoms with Crippen molar-refractivity contribution in [2.45, 2.75) is 19.3 Å². The largest absolute Gasteiger partial charge is 0.491 e. The summed E-state index contributed by atoms with van der Waals surface area (Å²) in [6, 6.07) is 5.88. The number of hydrogen-bond acceptors (Lipinski definition) is 13. The first kappa shape index (κ1) is 40.1. The van der Waals surface area contributed by atoms with Gasteiger partial charge in [-0.25, -0.2) is 0 Å². The normalized spacial score (nSPS) is 11.0. The van der Waals surface area contributed by atoms with Crippen LogP contribution >= 0.6 is 0 Å². The summed E-state index contributed by atoms with van der Waals surface area (Å²) in [7, 11) is 0. The minimum absolute atomic E-state index is 0.0159. The number of rotatable bonds is 33. The van der Waals surface area contributed by atoms with Gasteiger partial charge in [-0.05, 0) is 18.6 Å². The van der Waals surface area contributed by atoms with Gasteiger partial charge in [0.15, 0.2) is 0 Å². The summed E-state index contributed by atoms with van der Waals surface area (Å²) < 4.78 is 48.9. The van der Waals surface area contributed by atoms with Crippen LogP contribution in [0, 0.1) is 10.1 Å². The van der Waals surface area contributed by atoms with Gasteiger partial charge in [-0.15, -0.1) is 0 Å². The molecule has 1 aromatic rings. The first-order valence-electron chi connectivity index (χ1n) is 15.0. The molecule has 2 N–H and O–H groups in total. The van der Waals surface area contributed by atoms with Gasteiger partial charge in [-0.2, -0.15) is 0 Å². The summed E-state index contributed by atoms with van der Waals surface area (Å²) in [6.45, 7) is 7.98. The Morgan fingerprint density at radius 2 is 0.978 bits per heavy atom. The molecule has 0 radical (unpaired) electrons. The molecule has 45 heavy (non-hydrogen) atoms. The maximum Gasteiger partial charge on any atom is 0.303 e. The summed E-state index contributed by atoms with van der Waals surface area (Å²) >= 11 is 0. The Labute approximate surface area is 263 Å². The first-order valence-corrected chi connectivity index (χ1v) is 15.0. The lowest BCUT2D eigenvalue weighted by Crippen LogP contribution is -2.25. The average Bonchev–Trinajstić information content (AvgIpc) is 3.03. The Bertz CT molecular complexity index is 875. The van der Waals surface area contributed by atoms with Crippen LogP contribution in [0.5, 0.6) is 5.75 Å². The van der Waals surface area contributed by atoms with E-state index >= 15 is 0 Å². The predicted octanol–water partition coefficient (Wildman–Crippen LogP) is 1.48. The highest BCUT2D eigenvalue weighted by molar-refractivity contribution is 5.80. The molecule has 1 rings (SSSR count). The molecule has 0 bridgehead atoms. The number of nitro groups is 1. The van der Waals surface area contributed by atoms with Crippen molar-refractivity contribution < 1.29 is 62.3 Å². The summed E-state index contributed by atoms with van der Waals surface area (Å²) in [5, 5.41) is 21.8. The van der Waals surface area contributed by atoms with Gasteiger partial charge in [0.1, 0.15) is 12.4 Å². The van der Waals surface area contributed by atoms with Crippen LogP contribution in [-0.4, -0.2) is 141 Å². The Morgan fingerprint density at radius 1 is 0.600 bits per heavy atom. The van der Waals surface area contributed by atoms with E-state index in [0.717, 1.165) is 0 Å². The third-order valence-corrected chi connectivity index (χ3v) is 5.50. The van der Waals surface area contributed by atoms with E-state index in [1.807, 2.05) is 0 Å². The van der Waals surface area contributed by atoms with E-state index in [4.69, 9.17) is 47.7 Å². The van der Waals surface area contributed by atoms with Crippen molar-refractivity contribution in [2.75, 3.05) is 119 Å². The fourth-order valence-electron chi connectivity index (χ4n) is 3.23. The molecule has 0 spiro atoms. The van der Waals surface area contributed by atoms with Crippen LogP contribution in [0.15, 0.2) is 24.3 Å². The highest BCUT2D eigenvalue weighted by atomic mass is 16.6. The smallest absolute Gasteiger partial charge is 0.303 e. The van der Waals surface area contributed by atoms with E-state index < -0.39 is 10.9 Å². The van der Waals surface area contributed by atoms with Crippen molar-refractivity contribution in [2.24, 2.45) is 0 Å². The molecule has 0 heterocycles. The highest BCUT2D eigenvalue weighted by Gasteiger charge is 2.05. The van der Waals surface area contributed by atoms with Gasteiger partial charge in [-0.3, -0.25) is 19.7 Å². The minimum atomic E-state index is -0.988. The highest BCUT2D eigenvalue weighted by Crippen LogP contribution is 2.17. The van der Waals surface area contributed by atoms with E-state index in [1.54, 1.807) is 12.1 Å². The second-order valence-corrected chi connectivity index (χ2v) is 9.10. The zero-order valence-corrected chi connectivity index (χ0v) is 25.9. The zero-order valence-electron chi connectivity index (χ0n) is 25.9. The second kappa shape index (κ2) is 29.7. The topological polar surface area (TPSA) is 193 Å². The standard InChI is InChI=1S/C29H48N2O14/c32-28(6-7-29(33)34)30-8-1-9-37-10-11-38-12-13-39-14-15-40-16-17-41-18-19-42-20-21-43-22-23-44-24-25-45-27-4-2-26(3-5-27)31(35)36/h2-5H,1,6-25H2,(H,30,32)(H,33,34). The molecule has 16 nitrogen and oxygen atoms in total. The van der Waals surface area contributed by atoms with Gasteiger partial charge in [0.25, 0.3) is 5.69 Å². The number of carboxylic acid groups (broad SMARTS) is 1. The Morgan fingerprint density at radius 3 is 1.36 bits per heavy atom. The number of amides is 1. The van der Waals surface area contributed by atoms with Gasteiger partial charge in [0.2, 0.25) is 5.91 Å². The van der Waals surface area contributed by atoms with Crippen molar-refractivity contribution in [1.82, 2.24) is 5.32 Å². The van der Waals surface area contributed by atoms with Crippen molar-refractivity contribution in [3.8, 4) is 5.75 Å². The molecule has 0 unspecified atom stereocenters. The summed E-state index contributed by atoms with van der Waals surface area (Å²) in [5.74, 6) is -0.713. The molecule has 0 saturated heterocycles. The van der Waals surface area contributed by atoms with E-state index in [9.17, 15) is 19.7 Å². The number of nitrogens with zero attached hydrogens (tertiary/aromatic N) is 1. The number of hydrogen-bond donors (Lipinski definition) is 2. The van der Waals surface area contributed by atoms with Crippen molar-refractivity contribution in [1.29, 1.82) is 0 Å². The third kappa shape index (κ3) is 27.1. The van der Waals surface area contributed by atoms with Crippen LogP contribution in [0.1, 0.15) is 19.3 Å². The molecule has 1 aromatic carbocycles. The van der Waals surface area contributed by atoms with Gasteiger partial charge in [0.05, 0.1) is 110 Å². The quantitative estimate of drug-likeness (QED) is 0.0632. The van der Waals surface area contributed by atoms with Crippen molar-refractivity contribution >= 4 is 17.6 Å². The average molecular weight is 649 g/mol. The monoisotopic (exact) mass is 648 g/mol. The summed E-state index contributed by atoms with van der Waals surface area (Å²) in [5.41, 5.74) is 0.0186. The molecule has 0 fully saturated rings. The maximum atomic E-state index is 11.3. The number of nitrogens with one attached hydrogen (secondary N) is 1. The number of benzene rings is 1. The predicted molar refractivity (Wildman–Crippen MR) is 160 cm³/mol. The van der Waals surface area contributed by atoms with E-state index in [0.29, 0.717) is 131 Å². The molecule has 0 saturated carbocycles. The fraction of sp³-hybridized carbons (Fsp3) is 0.724. The summed E-state index contributed by atoms with van der Waals surface area (Å²) in [6.07, 6.45) is 0.459. The van der Waals surface area contributed by atoms with Crippen molar-refractivity contribution in [3.05, 3.63) is 34.4 Å². The van der Waals surface area contributed by atoms with Crippen LogP contribution in [-0.2, 0) is 47.5 Å². The molecular weight excluding hydrogens is 600 g/mol. The minimum Gasteiger partial charge on any atom is -0.491 e. The Kier molecular flexibility index (Phi) is 26.5. The van der Waals surface area contributed by atoms with Crippen LogP contribution in [0.2, 0.25) is 0 Å². The van der Waals surface area contributed by atoms with Crippen LogP contribution < -0.4 is 10.1 Å². The first-order chi connectivity index (χ1) is 22.0. The molecule has 0 aromatic heterocycles. The zero-order chi connectivity index (χ0) is 32.6. The number of carbonyl (C=O) groups is 2. The molecule has 0 atom stereocenters. The molecule has 0 aliphatic rings. The molecule has 16 heteroatoms. The van der Waals surface area contributed by atoms with Gasteiger partial charge >= 0.3 is 5.97 Å². The molecule has 0 aliphatic carbocycles. The lowest BCUT2D eigenvalue weighted by atomic mass is 10.3. The Balaban J connectivity index is 1.68. The second-order valence-electron chi connectivity index (χ2n) is 9.10. The molecular formula is C29H48N2O14. The van der Waals surface area contributed by atoms with Crippen LogP contribution in [0.3, 0.4) is 0 Å². The number of carbonyl (C=O) groups excluding carboxylic acids is 1. The third-order valence-electron chi connectivity index (χ3n) is 5.50. The molecule has 258 valence electrons. The van der Waals surface area contributed by atoms with Gasteiger partial charge in [0, 0.05) is 31.7 Å². The Hall–Kier alpha value is -2.96. The van der Waals surface area contributed by atoms with Crippen molar-refractivity contribution in [3.63, 3.8) is 0 Å². The SMILES string of the molecule is O=C(O)CCC(=O)NCCCOCCOCCOCCOCCOCCOCCOCCOCCOc1ccc([N+](=O)[O-])cc1. The van der Waals surface area contributed by atoms with E-state index in [1.165, 1.54) is 12.1 Å². The van der Waals surface area contributed by atoms with E-state index in [2.05, 4.69) is 5.32 Å². The number of non-ortho nitro benzene ring substituents is 1. The number of ether oxygens (including phenoxy) is 9. The number of aliphatic carboxylic acids is 1. The van der Waals surface area contributed by atoms with E-state index in [-0.39, 0.29) is 24.4 Å². The number of nitro benzene ring substituents is 1. The van der Waals surface area contributed by atoms with Gasteiger partial charge in [-0.1, -0.05) is 0 Å². The van der Waals surface area contributed by atoms with Crippen LogP contribution in [0.4, 0.5) is 5.69 Å². The van der Waals surface area contributed by atoms with Gasteiger partial charge < -0.3 is 53.1 Å².